The first-order valence-corrected chi connectivity index (χ1v) is 9.84. The maximum absolute atomic E-state index is 14.0. The molecule has 1 aliphatic heterocycles. The van der Waals surface area contributed by atoms with Crippen molar-refractivity contribution in [1.82, 2.24) is 29.0 Å². The van der Waals surface area contributed by atoms with E-state index in [0.717, 1.165) is 30.8 Å². The summed E-state index contributed by atoms with van der Waals surface area (Å²) in [6, 6.07) is 2.93. The lowest BCUT2D eigenvalue weighted by Crippen LogP contribution is -2.42. The van der Waals surface area contributed by atoms with Gasteiger partial charge in [-0.25, -0.2) is 13.8 Å². The molecule has 2 aliphatic rings. The molecule has 0 bridgehead atoms. The number of hydrogen-bond acceptors (Lipinski definition) is 6. The quantitative estimate of drug-likeness (QED) is 0.673. The summed E-state index contributed by atoms with van der Waals surface area (Å²) >= 11 is 1.29. The average Bonchev–Trinajstić information content (AvgIpc) is 3.24. The fraction of sp³-hybridized carbons (Fsp3) is 0.389. The van der Waals surface area contributed by atoms with Crippen molar-refractivity contribution >= 4 is 17.4 Å². The van der Waals surface area contributed by atoms with E-state index in [1.165, 1.54) is 22.5 Å². The molecule has 3 aromatic rings. The summed E-state index contributed by atoms with van der Waals surface area (Å²) in [5, 5.41) is 9.18. The summed E-state index contributed by atoms with van der Waals surface area (Å²) < 4.78 is 34.4. The Balaban J connectivity index is 1.45. The van der Waals surface area contributed by atoms with Gasteiger partial charge < -0.3 is 9.47 Å². The Hall–Kier alpha value is -2.75. The molecule has 0 spiro atoms. The number of nitrogens with zero attached hydrogens (tertiary/aromatic N) is 6. The molecule has 0 saturated heterocycles. The van der Waals surface area contributed by atoms with E-state index in [1.54, 1.807) is 6.92 Å². The minimum atomic E-state index is -0.869. The highest BCUT2D eigenvalue weighted by Crippen LogP contribution is 2.40. The summed E-state index contributed by atoms with van der Waals surface area (Å²) in [5.74, 6) is 0.0676. The van der Waals surface area contributed by atoms with Crippen LogP contribution in [-0.2, 0) is 6.54 Å². The van der Waals surface area contributed by atoms with Crippen molar-refractivity contribution < 1.29 is 13.6 Å². The minimum absolute atomic E-state index is 0.292. The van der Waals surface area contributed by atoms with Gasteiger partial charge in [0.05, 0.1) is 6.04 Å². The van der Waals surface area contributed by atoms with E-state index in [1.807, 2.05) is 4.57 Å². The fourth-order valence-electron chi connectivity index (χ4n) is 3.50. The van der Waals surface area contributed by atoms with Gasteiger partial charge in [0.1, 0.15) is 23.0 Å². The average molecular weight is 402 g/mol. The molecule has 5 rings (SSSR count). The monoisotopic (exact) mass is 402 g/mol. The van der Waals surface area contributed by atoms with Crippen molar-refractivity contribution in [2.75, 3.05) is 6.54 Å². The van der Waals surface area contributed by atoms with Crippen LogP contribution in [0, 0.1) is 11.6 Å². The second kappa shape index (κ2) is 6.40. The highest BCUT2D eigenvalue weighted by Gasteiger charge is 2.35. The van der Waals surface area contributed by atoms with Gasteiger partial charge in [-0.15, -0.1) is 10.2 Å². The molecule has 10 heteroatoms. The molecule has 0 radical (unpaired) electrons. The summed E-state index contributed by atoms with van der Waals surface area (Å²) in [6.07, 6.45) is 2.24. The lowest BCUT2D eigenvalue weighted by Gasteiger charge is -2.33. The number of carbonyl (C=O) groups excluding carboxylic acids is 1. The van der Waals surface area contributed by atoms with Gasteiger partial charge in [-0.1, -0.05) is 6.07 Å². The Morgan fingerprint density at radius 3 is 2.64 bits per heavy atom. The van der Waals surface area contributed by atoms with Crippen LogP contribution in [0.4, 0.5) is 8.78 Å². The molecule has 1 saturated carbocycles. The first kappa shape index (κ1) is 17.4. The van der Waals surface area contributed by atoms with Crippen LogP contribution >= 0.6 is 11.5 Å². The first-order valence-electron chi connectivity index (χ1n) is 9.06. The van der Waals surface area contributed by atoms with E-state index in [2.05, 4.69) is 19.6 Å². The topological polar surface area (TPSA) is 76.8 Å². The van der Waals surface area contributed by atoms with E-state index in [0.29, 0.717) is 35.7 Å². The van der Waals surface area contributed by atoms with E-state index < -0.39 is 29.1 Å². The van der Waals surface area contributed by atoms with Crippen molar-refractivity contribution in [2.45, 2.75) is 38.3 Å². The van der Waals surface area contributed by atoms with Gasteiger partial charge >= 0.3 is 0 Å². The summed E-state index contributed by atoms with van der Waals surface area (Å²) in [6.45, 7) is 2.48. The number of carbonyl (C=O) groups is 1. The molecule has 28 heavy (non-hydrogen) atoms. The van der Waals surface area contributed by atoms with Gasteiger partial charge in [0.15, 0.2) is 16.7 Å². The van der Waals surface area contributed by atoms with Gasteiger partial charge in [-0.3, -0.25) is 4.79 Å². The van der Waals surface area contributed by atoms with E-state index >= 15 is 0 Å². The molecule has 1 aliphatic carbocycles. The van der Waals surface area contributed by atoms with E-state index in [-0.39, 0.29) is 0 Å². The molecule has 1 amide bonds. The van der Waals surface area contributed by atoms with Crippen LogP contribution in [0.3, 0.4) is 0 Å². The van der Waals surface area contributed by atoms with Crippen molar-refractivity contribution in [3.05, 3.63) is 47.0 Å². The van der Waals surface area contributed by atoms with Gasteiger partial charge in [0, 0.05) is 19.0 Å². The van der Waals surface area contributed by atoms with Crippen LogP contribution < -0.4 is 0 Å². The third-order valence-corrected chi connectivity index (χ3v) is 5.92. The molecule has 1 aromatic carbocycles. The SMILES string of the molecule is C[C@@H]1c2nnc(-c3nc(C4CC4)ns3)n2CCN1C(=O)c1c(F)cccc1F. The molecular weight excluding hydrogens is 386 g/mol. The Kier molecular flexibility index (Phi) is 3.97. The van der Waals surface area contributed by atoms with Crippen LogP contribution in [0.5, 0.6) is 0 Å². The molecule has 1 atom stereocenters. The number of fused-ring (bicyclic) bond motifs is 1. The zero-order valence-electron chi connectivity index (χ0n) is 15.0. The smallest absolute Gasteiger partial charge is 0.260 e. The summed E-state index contributed by atoms with van der Waals surface area (Å²) in [4.78, 5) is 18.8. The van der Waals surface area contributed by atoms with Gasteiger partial charge in [-0.2, -0.15) is 4.37 Å². The second-order valence-corrected chi connectivity index (χ2v) is 7.79. The lowest BCUT2D eigenvalue weighted by molar-refractivity contribution is 0.0628. The Bertz CT molecular complexity index is 1060. The Morgan fingerprint density at radius 1 is 1.18 bits per heavy atom. The predicted molar refractivity (Wildman–Crippen MR) is 96.7 cm³/mol. The molecule has 3 heterocycles. The van der Waals surface area contributed by atoms with Crippen LogP contribution in [-0.4, -0.2) is 41.5 Å². The maximum atomic E-state index is 14.0. The van der Waals surface area contributed by atoms with E-state index in [4.69, 9.17) is 0 Å². The van der Waals surface area contributed by atoms with Gasteiger partial charge in [-0.05, 0) is 43.4 Å². The van der Waals surface area contributed by atoms with Gasteiger partial charge in [0.2, 0.25) is 0 Å². The van der Waals surface area contributed by atoms with Crippen molar-refractivity contribution in [1.29, 1.82) is 0 Å². The number of hydrogen-bond donors (Lipinski definition) is 0. The second-order valence-electron chi connectivity index (χ2n) is 7.04. The molecule has 1 fully saturated rings. The zero-order valence-corrected chi connectivity index (χ0v) is 15.8. The molecule has 0 N–H and O–H groups in total. The maximum Gasteiger partial charge on any atom is 0.260 e. The molecule has 144 valence electrons. The normalized spacial score (nSPS) is 19.0. The zero-order chi connectivity index (χ0) is 19.4. The number of amides is 1. The molecule has 0 unspecified atom stereocenters. The van der Waals surface area contributed by atoms with Crippen LogP contribution in [0.25, 0.3) is 10.8 Å². The number of halogens is 2. The number of rotatable bonds is 3. The predicted octanol–water partition coefficient (Wildman–Crippen LogP) is 3.17. The highest BCUT2D eigenvalue weighted by atomic mass is 32.1. The number of benzene rings is 1. The Labute approximate surface area is 163 Å². The minimum Gasteiger partial charge on any atom is -0.327 e. The van der Waals surface area contributed by atoms with Gasteiger partial charge in [0.25, 0.3) is 5.91 Å². The largest absolute Gasteiger partial charge is 0.327 e. The molecule has 7 nitrogen and oxygen atoms in total. The van der Waals surface area contributed by atoms with Crippen molar-refractivity contribution in [2.24, 2.45) is 0 Å². The highest BCUT2D eigenvalue weighted by molar-refractivity contribution is 7.09. The standard InChI is InChI=1S/C18H16F2N6OS/c1-9-15-22-23-16(17-21-14(24-28-17)10-5-6-10)26(15)8-7-25(9)18(27)13-11(19)3-2-4-12(13)20/h2-4,9-10H,5-8H2,1H3/t9-/m1/s1. The first-order chi connectivity index (χ1) is 13.5. The third-order valence-electron chi connectivity index (χ3n) is 5.20. The fourth-order valence-corrected chi connectivity index (χ4v) is 4.24. The lowest BCUT2D eigenvalue weighted by atomic mass is 10.1. The molecule has 2 aromatic heterocycles. The summed E-state index contributed by atoms with van der Waals surface area (Å²) in [7, 11) is 0. The van der Waals surface area contributed by atoms with Crippen molar-refractivity contribution in [3.8, 4) is 10.8 Å². The summed E-state index contributed by atoms with van der Waals surface area (Å²) in [5.41, 5.74) is -0.541. The van der Waals surface area contributed by atoms with E-state index in [9.17, 15) is 13.6 Å². The van der Waals surface area contributed by atoms with Crippen LogP contribution in [0.1, 0.15) is 53.7 Å². The Morgan fingerprint density at radius 2 is 1.93 bits per heavy atom. The number of aromatic nitrogens is 5. The van der Waals surface area contributed by atoms with Crippen LogP contribution in [0.2, 0.25) is 0 Å². The van der Waals surface area contributed by atoms with Crippen molar-refractivity contribution in [3.63, 3.8) is 0 Å². The molecular formula is C18H16F2N6OS. The third kappa shape index (κ3) is 2.70. The van der Waals surface area contributed by atoms with Crippen LogP contribution in [0.15, 0.2) is 18.2 Å².